The topological polar surface area (TPSA) is 69.6 Å². The molecule has 110 valence electrons. The third kappa shape index (κ3) is 4.58. The molecule has 20 heavy (non-hydrogen) atoms. The van der Waals surface area contributed by atoms with E-state index in [1.807, 2.05) is 6.92 Å². The molecule has 0 bridgehead atoms. The summed E-state index contributed by atoms with van der Waals surface area (Å²) in [5.74, 6) is -0.953. The van der Waals surface area contributed by atoms with Crippen LogP contribution in [0.25, 0.3) is 0 Å². The maximum atomic E-state index is 11.9. The van der Waals surface area contributed by atoms with Gasteiger partial charge in [-0.05, 0) is 24.6 Å². The number of rotatable bonds is 5. The summed E-state index contributed by atoms with van der Waals surface area (Å²) < 4.78 is 0. The highest BCUT2D eigenvalue weighted by atomic mass is 35.5. The lowest BCUT2D eigenvalue weighted by molar-refractivity contribution is -0.136. The third-order valence-electron chi connectivity index (χ3n) is 2.94. The summed E-state index contributed by atoms with van der Waals surface area (Å²) in [5.41, 5.74) is 0.843. The van der Waals surface area contributed by atoms with Gasteiger partial charge in [0, 0.05) is 13.6 Å². The molecular weight excluding hydrogens is 303 g/mol. The number of hydrogen-bond donors (Lipinski definition) is 2. The normalized spacial score (nSPS) is 11.8. The summed E-state index contributed by atoms with van der Waals surface area (Å²) in [7, 11) is 1.63. The van der Waals surface area contributed by atoms with Gasteiger partial charge in [-0.1, -0.05) is 29.3 Å². The SMILES string of the molecule is CC(c1ccc(Cl)c(Cl)c1)N(C)C(=O)NCCC(=O)O. The van der Waals surface area contributed by atoms with E-state index in [0.29, 0.717) is 10.0 Å². The molecule has 0 aromatic heterocycles. The van der Waals surface area contributed by atoms with Crippen LogP contribution in [0.2, 0.25) is 10.0 Å². The minimum absolute atomic E-state index is 0.0899. The summed E-state index contributed by atoms with van der Waals surface area (Å²) in [6.07, 6.45) is -0.110. The Morgan fingerprint density at radius 2 is 2.00 bits per heavy atom. The molecule has 0 aliphatic heterocycles. The first-order chi connectivity index (χ1) is 9.32. The molecule has 1 aromatic rings. The Hall–Kier alpha value is -1.46. The maximum Gasteiger partial charge on any atom is 0.317 e. The highest BCUT2D eigenvalue weighted by Gasteiger charge is 2.17. The van der Waals surface area contributed by atoms with Gasteiger partial charge in [0.25, 0.3) is 0 Å². The zero-order chi connectivity index (χ0) is 15.3. The summed E-state index contributed by atoms with van der Waals surface area (Å²) in [6.45, 7) is 1.93. The minimum atomic E-state index is -0.953. The molecule has 5 nitrogen and oxygen atoms in total. The molecule has 2 N–H and O–H groups in total. The summed E-state index contributed by atoms with van der Waals surface area (Å²) >= 11 is 11.8. The zero-order valence-corrected chi connectivity index (χ0v) is 12.7. The quantitative estimate of drug-likeness (QED) is 0.876. The van der Waals surface area contributed by atoms with Gasteiger partial charge in [-0.15, -0.1) is 0 Å². The van der Waals surface area contributed by atoms with Crippen LogP contribution < -0.4 is 5.32 Å². The molecule has 1 atom stereocenters. The van der Waals surface area contributed by atoms with E-state index in [9.17, 15) is 9.59 Å². The molecule has 0 fully saturated rings. The standard InChI is InChI=1S/C13H16Cl2N2O3/c1-8(9-3-4-10(14)11(15)7-9)17(2)13(20)16-6-5-12(18)19/h3-4,7-8H,5-6H2,1-2H3,(H,16,20)(H,18,19). The smallest absolute Gasteiger partial charge is 0.317 e. The summed E-state index contributed by atoms with van der Waals surface area (Å²) in [6, 6.07) is 4.61. The second kappa shape index (κ2) is 7.36. The number of benzene rings is 1. The lowest BCUT2D eigenvalue weighted by atomic mass is 10.1. The second-order valence-electron chi connectivity index (χ2n) is 4.34. The van der Waals surface area contributed by atoms with Gasteiger partial charge in [0.1, 0.15) is 0 Å². The molecule has 1 rings (SSSR count). The molecule has 0 saturated carbocycles. The summed E-state index contributed by atoms with van der Waals surface area (Å²) in [4.78, 5) is 23.7. The molecule has 1 aromatic carbocycles. The van der Waals surface area contributed by atoms with Crippen molar-refractivity contribution in [3.63, 3.8) is 0 Å². The number of amides is 2. The van der Waals surface area contributed by atoms with E-state index in [1.54, 1.807) is 25.2 Å². The number of nitrogens with one attached hydrogen (secondary N) is 1. The van der Waals surface area contributed by atoms with Gasteiger partial charge in [-0.2, -0.15) is 0 Å². The Bertz CT molecular complexity index is 508. The Morgan fingerprint density at radius 3 is 2.55 bits per heavy atom. The third-order valence-corrected chi connectivity index (χ3v) is 3.68. The fourth-order valence-corrected chi connectivity index (χ4v) is 1.88. The van der Waals surface area contributed by atoms with E-state index in [1.165, 1.54) is 4.90 Å². The molecule has 0 saturated heterocycles. The number of halogens is 2. The Labute approximate surface area is 127 Å². The summed E-state index contributed by atoms with van der Waals surface area (Å²) in [5, 5.41) is 11.9. The van der Waals surface area contributed by atoms with Crippen molar-refractivity contribution in [2.75, 3.05) is 13.6 Å². The van der Waals surface area contributed by atoms with Crippen molar-refractivity contribution in [1.82, 2.24) is 10.2 Å². The van der Waals surface area contributed by atoms with Crippen LogP contribution in [0.4, 0.5) is 4.79 Å². The van der Waals surface area contributed by atoms with Crippen LogP contribution in [0, 0.1) is 0 Å². The van der Waals surface area contributed by atoms with Gasteiger partial charge < -0.3 is 15.3 Å². The van der Waals surface area contributed by atoms with Crippen molar-refractivity contribution < 1.29 is 14.7 Å². The van der Waals surface area contributed by atoms with E-state index in [0.717, 1.165) is 5.56 Å². The van der Waals surface area contributed by atoms with Crippen molar-refractivity contribution in [2.24, 2.45) is 0 Å². The lowest BCUT2D eigenvalue weighted by Gasteiger charge is -2.25. The van der Waals surface area contributed by atoms with Crippen molar-refractivity contribution >= 4 is 35.2 Å². The number of carboxylic acids is 1. The number of urea groups is 1. The first-order valence-electron chi connectivity index (χ1n) is 6.00. The molecule has 2 amide bonds. The van der Waals surface area contributed by atoms with Crippen LogP contribution in [0.5, 0.6) is 0 Å². The largest absolute Gasteiger partial charge is 0.481 e. The van der Waals surface area contributed by atoms with E-state index in [4.69, 9.17) is 28.3 Å². The van der Waals surface area contributed by atoms with E-state index in [-0.39, 0.29) is 25.0 Å². The Kier molecular flexibility index (Phi) is 6.10. The molecule has 0 spiro atoms. The van der Waals surface area contributed by atoms with Gasteiger partial charge in [-0.3, -0.25) is 4.79 Å². The van der Waals surface area contributed by atoms with Crippen LogP contribution in [0.15, 0.2) is 18.2 Å². The van der Waals surface area contributed by atoms with Crippen LogP contribution in [-0.4, -0.2) is 35.6 Å². The maximum absolute atomic E-state index is 11.9. The molecule has 0 aliphatic rings. The fourth-order valence-electron chi connectivity index (χ4n) is 1.57. The molecule has 7 heteroatoms. The van der Waals surface area contributed by atoms with Crippen LogP contribution in [-0.2, 0) is 4.79 Å². The van der Waals surface area contributed by atoms with E-state index >= 15 is 0 Å². The van der Waals surface area contributed by atoms with Gasteiger partial charge in [0.15, 0.2) is 0 Å². The van der Waals surface area contributed by atoms with Crippen molar-refractivity contribution in [3.05, 3.63) is 33.8 Å². The zero-order valence-electron chi connectivity index (χ0n) is 11.2. The fraction of sp³-hybridized carbons (Fsp3) is 0.385. The second-order valence-corrected chi connectivity index (χ2v) is 5.15. The highest BCUT2D eigenvalue weighted by molar-refractivity contribution is 6.42. The van der Waals surface area contributed by atoms with Gasteiger partial charge in [0.2, 0.25) is 0 Å². The first-order valence-corrected chi connectivity index (χ1v) is 6.76. The molecular formula is C13H16Cl2N2O3. The molecule has 1 unspecified atom stereocenters. The average molecular weight is 319 g/mol. The molecule has 0 radical (unpaired) electrons. The van der Waals surface area contributed by atoms with Crippen LogP contribution >= 0.6 is 23.2 Å². The predicted octanol–water partition coefficient (Wildman–Crippen LogP) is 3.17. The van der Waals surface area contributed by atoms with Crippen molar-refractivity contribution in [2.45, 2.75) is 19.4 Å². The van der Waals surface area contributed by atoms with Gasteiger partial charge >= 0.3 is 12.0 Å². The number of carbonyl (C=O) groups is 2. The molecule has 0 aliphatic carbocycles. The number of carboxylic acid groups (broad SMARTS) is 1. The Morgan fingerprint density at radius 1 is 1.35 bits per heavy atom. The first kappa shape index (κ1) is 16.6. The van der Waals surface area contributed by atoms with Crippen molar-refractivity contribution in [3.8, 4) is 0 Å². The average Bonchev–Trinajstić information content (AvgIpc) is 2.39. The van der Waals surface area contributed by atoms with Crippen LogP contribution in [0.3, 0.4) is 0 Å². The highest BCUT2D eigenvalue weighted by Crippen LogP contribution is 2.27. The molecule has 0 heterocycles. The lowest BCUT2D eigenvalue weighted by Crippen LogP contribution is -2.39. The predicted molar refractivity (Wildman–Crippen MR) is 78.3 cm³/mol. The monoisotopic (exact) mass is 318 g/mol. The minimum Gasteiger partial charge on any atom is -0.481 e. The number of aliphatic carboxylic acids is 1. The Balaban J connectivity index is 2.65. The van der Waals surface area contributed by atoms with E-state index in [2.05, 4.69) is 5.32 Å². The number of nitrogens with zero attached hydrogens (tertiary/aromatic N) is 1. The van der Waals surface area contributed by atoms with Crippen molar-refractivity contribution in [1.29, 1.82) is 0 Å². The number of hydrogen-bond acceptors (Lipinski definition) is 2. The van der Waals surface area contributed by atoms with Gasteiger partial charge in [0.05, 0.1) is 22.5 Å². The van der Waals surface area contributed by atoms with Crippen LogP contribution in [0.1, 0.15) is 24.9 Å². The van der Waals surface area contributed by atoms with Gasteiger partial charge in [-0.25, -0.2) is 4.79 Å². The van der Waals surface area contributed by atoms with E-state index < -0.39 is 5.97 Å². The number of carbonyl (C=O) groups excluding carboxylic acids is 1.